The fraction of sp³-hybridized carbons (Fsp3) is 0.571. The van der Waals surface area contributed by atoms with Gasteiger partial charge in [0.2, 0.25) is 0 Å². The summed E-state index contributed by atoms with van der Waals surface area (Å²) in [6.07, 6.45) is 0. The Labute approximate surface area is 99.5 Å². The van der Waals surface area contributed by atoms with Gasteiger partial charge in [-0.15, -0.1) is 0 Å². The standard InChI is InChI=1S/C14H24N2/c1-12(2)10-15-8-9-16-11-14-7-5-4-6-13(14)3/h4-7,12,15-16H,8-11H2,1-3H3. The van der Waals surface area contributed by atoms with E-state index < -0.39 is 0 Å². The molecule has 0 aliphatic rings. The summed E-state index contributed by atoms with van der Waals surface area (Å²) in [6.45, 7) is 10.8. The molecule has 0 saturated carbocycles. The van der Waals surface area contributed by atoms with Crippen LogP contribution < -0.4 is 10.6 Å². The Morgan fingerprint density at radius 3 is 2.44 bits per heavy atom. The molecule has 0 aliphatic carbocycles. The average Bonchev–Trinajstić information content (AvgIpc) is 2.25. The normalized spacial score (nSPS) is 11.0. The van der Waals surface area contributed by atoms with Crippen molar-refractivity contribution in [2.45, 2.75) is 27.3 Å². The molecule has 0 spiro atoms. The first-order valence-electron chi connectivity index (χ1n) is 6.16. The maximum Gasteiger partial charge on any atom is 0.0208 e. The Kier molecular flexibility index (Phi) is 6.12. The van der Waals surface area contributed by atoms with Crippen molar-refractivity contribution in [3.63, 3.8) is 0 Å². The van der Waals surface area contributed by atoms with Crippen LogP contribution in [0.1, 0.15) is 25.0 Å². The SMILES string of the molecule is Cc1ccccc1CNCCNCC(C)C. The second kappa shape index (κ2) is 7.42. The Balaban J connectivity index is 2.10. The van der Waals surface area contributed by atoms with Crippen LogP contribution in [-0.4, -0.2) is 19.6 Å². The maximum absolute atomic E-state index is 3.45. The summed E-state index contributed by atoms with van der Waals surface area (Å²) in [4.78, 5) is 0. The van der Waals surface area contributed by atoms with Gasteiger partial charge < -0.3 is 10.6 Å². The molecule has 2 nitrogen and oxygen atoms in total. The molecule has 2 heteroatoms. The zero-order valence-electron chi connectivity index (χ0n) is 10.7. The fourth-order valence-corrected chi connectivity index (χ4v) is 1.60. The van der Waals surface area contributed by atoms with E-state index in [1.807, 2.05) is 0 Å². The van der Waals surface area contributed by atoms with E-state index in [0.717, 1.165) is 32.1 Å². The summed E-state index contributed by atoms with van der Waals surface area (Å²) in [5.74, 6) is 0.733. The molecule has 0 fully saturated rings. The summed E-state index contributed by atoms with van der Waals surface area (Å²) in [7, 11) is 0. The summed E-state index contributed by atoms with van der Waals surface area (Å²) < 4.78 is 0. The molecule has 16 heavy (non-hydrogen) atoms. The zero-order chi connectivity index (χ0) is 11.8. The first-order valence-corrected chi connectivity index (χ1v) is 6.16. The van der Waals surface area contributed by atoms with E-state index in [1.165, 1.54) is 11.1 Å². The highest BCUT2D eigenvalue weighted by Crippen LogP contribution is 2.05. The van der Waals surface area contributed by atoms with Crippen molar-refractivity contribution in [1.29, 1.82) is 0 Å². The van der Waals surface area contributed by atoms with Gasteiger partial charge in [-0.3, -0.25) is 0 Å². The first kappa shape index (κ1) is 13.2. The zero-order valence-corrected chi connectivity index (χ0v) is 10.7. The van der Waals surface area contributed by atoms with Gasteiger partial charge in [0.15, 0.2) is 0 Å². The van der Waals surface area contributed by atoms with Crippen LogP contribution in [0, 0.1) is 12.8 Å². The van der Waals surface area contributed by atoms with Gasteiger partial charge in [-0.25, -0.2) is 0 Å². The molecule has 0 atom stereocenters. The molecule has 0 amide bonds. The average molecular weight is 220 g/mol. The van der Waals surface area contributed by atoms with Crippen LogP contribution in [0.4, 0.5) is 0 Å². The predicted octanol–water partition coefficient (Wildman–Crippen LogP) is 2.33. The van der Waals surface area contributed by atoms with Crippen LogP contribution in [-0.2, 0) is 6.54 Å². The lowest BCUT2D eigenvalue weighted by Crippen LogP contribution is -2.29. The third-order valence-electron chi connectivity index (χ3n) is 2.61. The number of hydrogen-bond donors (Lipinski definition) is 2. The summed E-state index contributed by atoms with van der Waals surface area (Å²) in [6, 6.07) is 8.53. The first-order chi connectivity index (χ1) is 7.70. The molecule has 1 rings (SSSR count). The molecule has 0 heterocycles. The third-order valence-corrected chi connectivity index (χ3v) is 2.61. The lowest BCUT2D eigenvalue weighted by molar-refractivity contribution is 0.535. The van der Waals surface area contributed by atoms with E-state index in [0.29, 0.717) is 0 Å². The molecule has 1 aromatic carbocycles. The smallest absolute Gasteiger partial charge is 0.0208 e. The maximum atomic E-state index is 3.45. The van der Waals surface area contributed by atoms with Crippen molar-refractivity contribution in [3.8, 4) is 0 Å². The van der Waals surface area contributed by atoms with E-state index in [1.54, 1.807) is 0 Å². The Morgan fingerprint density at radius 2 is 1.75 bits per heavy atom. The van der Waals surface area contributed by atoms with E-state index in [-0.39, 0.29) is 0 Å². The number of rotatable bonds is 7. The van der Waals surface area contributed by atoms with Gasteiger partial charge in [-0.1, -0.05) is 38.1 Å². The van der Waals surface area contributed by atoms with Crippen molar-refractivity contribution in [1.82, 2.24) is 10.6 Å². The van der Waals surface area contributed by atoms with Crippen molar-refractivity contribution >= 4 is 0 Å². The van der Waals surface area contributed by atoms with Crippen LogP contribution in [0.15, 0.2) is 24.3 Å². The van der Waals surface area contributed by atoms with Crippen LogP contribution in [0.25, 0.3) is 0 Å². The fourth-order valence-electron chi connectivity index (χ4n) is 1.60. The highest BCUT2D eigenvalue weighted by molar-refractivity contribution is 5.25. The molecule has 0 radical (unpaired) electrons. The number of hydrogen-bond acceptors (Lipinski definition) is 2. The molecule has 0 aliphatic heterocycles. The van der Waals surface area contributed by atoms with Crippen LogP contribution in [0.2, 0.25) is 0 Å². The molecule has 0 aromatic heterocycles. The van der Waals surface area contributed by atoms with Crippen LogP contribution in [0.3, 0.4) is 0 Å². The lowest BCUT2D eigenvalue weighted by atomic mass is 10.1. The molecule has 2 N–H and O–H groups in total. The van der Waals surface area contributed by atoms with E-state index >= 15 is 0 Å². The van der Waals surface area contributed by atoms with Crippen molar-refractivity contribution in [3.05, 3.63) is 35.4 Å². The summed E-state index contributed by atoms with van der Waals surface area (Å²) >= 11 is 0. The Bertz CT molecular complexity index is 295. The number of nitrogens with one attached hydrogen (secondary N) is 2. The minimum Gasteiger partial charge on any atom is -0.315 e. The minimum absolute atomic E-state index is 0.733. The molecule has 90 valence electrons. The van der Waals surface area contributed by atoms with Crippen molar-refractivity contribution in [2.75, 3.05) is 19.6 Å². The van der Waals surface area contributed by atoms with Gasteiger partial charge in [0.25, 0.3) is 0 Å². The van der Waals surface area contributed by atoms with Gasteiger partial charge in [0.05, 0.1) is 0 Å². The lowest BCUT2D eigenvalue weighted by Gasteiger charge is -2.09. The Morgan fingerprint density at radius 1 is 1.06 bits per heavy atom. The monoisotopic (exact) mass is 220 g/mol. The number of aryl methyl sites for hydroxylation is 1. The highest BCUT2D eigenvalue weighted by atomic mass is 14.9. The topological polar surface area (TPSA) is 24.1 Å². The van der Waals surface area contributed by atoms with Gasteiger partial charge in [0, 0.05) is 19.6 Å². The van der Waals surface area contributed by atoms with Gasteiger partial charge in [0.1, 0.15) is 0 Å². The van der Waals surface area contributed by atoms with E-state index in [2.05, 4.69) is 55.7 Å². The molecule has 0 bridgehead atoms. The molecular weight excluding hydrogens is 196 g/mol. The third kappa shape index (κ3) is 5.29. The predicted molar refractivity (Wildman–Crippen MR) is 70.6 cm³/mol. The quantitative estimate of drug-likeness (QED) is 0.689. The Hall–Kier alpha value is -0.860. The van der Waals surface area contributed by atoms with Crippen LogP contribution >= 0.6 is 0 Å². The minimum atomic E-state index is 0.733. The summed E-state index contributed by atoms with van der Waals surface area (Å²) in [5.41, 5.74) is 2.76. The van der Waals surface area contributed by atoms with Gasteiger partial charge in [-0.05, 0) is 30.5 Å². The van der Waals surface area contributed by atoms with Crippen molar-refractivity contribution < 1.29 is 0 Å². The highest BCUT2D eigenvalue weighted by Gasteiger charge is 1.96. The van der Waals surface area contributed by atoms with Crippen molar-refractivity contribution in [2.24, 2.45) is 5.92 Å². The molecule has 1 aromatic rings. The summed E-state index contributed by atoms with van der Waals surface area (Å²) in [5, 5.41) is 6.88. The molecular formula is C14H24N2. The van der Waals surface area contributed by atoms with Gasteiger partial charge in [-0.2, -0.15) is 0 Å². The largest absolute Gasteiger partial charge is 0.315 e. The molecule has 0 saturated heterocycles. The molecule has 0 unspecified atom stereocenters. The second-order valence-electron chi connectivity index (χ2n) is 4.70. The van der Waals surface area contributed by atoms with E-state index in [9.17, 15) is 0 Å². The second-order valence-corrected chi connectivity index (χ2v) is 4.70. The van der Waals surface area contributed by atoms with E-state index in [4.69, 9.17) is 0 Å². The van der Waals surface area contributed by atoms with Gasteiger partial charge >= 0.3 is 0 Å². The number of benzene rings is 1. The van der Waals surface area contributed by atoms with Crippen LogP contribution in [0.5, 0.6) is 0 Å².